The predicted molar refractivity (Wildman–Crippen MR) is 113 cm³/mol. The van der Waals surface area contributed by atoms with Gasteiger partial charge in [-0.3, -0.25) is 14.1 Å². The van der Waals surface area contributed by atoms with E-state index >= 15 is 0 Å². The number of carbonyl (C=O) groups is 1. The number of ketones is 1. The highest BCUT2D eigenvalue weighted by Gasteiger charge is 2.36. The fourth-order valence-electron chi connectivity index (χ4n) is 3.80. The van der Waals surface area contributed by atoms with E-state index in [1.54, 1.807) is 24.3 Å². The van der Waals surface area contributed by atoms with E-state index in [1.807, 2.05) is 31.2 Å². The van der Waals surface area contributed by atoms with Gasteiger partial charge in [0, 0.05) is 17.8 Å². The van der Waals surface area contributed by atoms with E-state index in [2.05, 4.69) is 4.98 Å². The van der Waals surface area contributed by atoms with Gasteiger partial charge in [0.2, 0.25) is 0 Å². The number of rotatable bonds is 5. The van der Waals surface area contributed by atoms with Crippen LogP contribution in [0.5, 0.6) is 0 Å². The smallest absolute Gasteiger partial charge is 0.264 e. The molecule has 0 saturated carbocycles. The number of fused-ring (bicyclic) bond motifs is 1. The van der Waals surface area contributed by atoms with Crippen molar-refractivity contribution in [2.75, 3.05) is 4.31 Å². The minimum Gasteiger partial charge on any atom is -0.292 e. The van der Waals surface area contributed by atoms with E-state index < -0.39 is 21.7 Å². The first kappa shape index (κ1) is 19.8. The van der Waals surface area contributed by atoms with Crippen LogP contribution in [0.2, 0.25) is 0 Å². The van der Waals surface area contributed by atoms with Crippen molar-refractivity contribution in [2.45, 2.75) is 30.2 Å². The topological polar surface area (TPSA) is 91.1 Å². The number of Topliss-reactive ketones (excluding diaryl/α,β-unsaturated/α-hetero) is 1. The molecule has 2 heterocycles. The number of para-hydroxylation sites is 1. The van der Waals surface area contributed by atoms with Crippen LogP contribution in [0.1, 0.15) is 34.5 Å². The zero-order chi connectivity index (χ0) is 21.3. The van der Waals surface area contributed by atoms with E-state index in [9.17, 15) is 18.5 Å². The Labute approximate surface area is 175 Å². The van der Waals surface area contributed by atoms with Crippen LogP contribution in [0.15, 0.2) is 77.8 Å². The van der Waals surface area contributed by atoms with Gasteiger partial charge in [0.25, 0.3) is 10.0 Å². The number of anilines is 1. The third-order valence-electron chi connectivity index (χ3n) is 5.19. The van der Waals surface area contributed by atoms with Crippen molar-refractivity contribution >= 4 is 21.5 Å². The standard InChI is InChI=1S/C23H19N3O3S/c1-16-13-17-7-2-3-11-22(17)26(16)30(28,29)19-9-6-8-18(14-19)23(27)20(15-24)21-10-4-5-12-25-21/h2-12,14,16,20H,13H2,1H3/t16-,20-/m1/s1. The largest absolute Gasteiger partial charge is 0.292 e. The molecule has 150 valence electrons. The molecule has 0 aliphatic carbocycles. The summed E-state index contributed by atoms with van der Waals surface area (Å²) in [6.45, 7) is 1.86. The lowest BCUT2D eigenvalue weighted by Crippen LogP contribution is -2.35. The fourth-order valence-corrected chi connectivity index (χ4v) is 5.54. The quantitative estimate of drug-likeness (QED) is 0.590. The molecule has 0 N–H and O–H groups in total. The lowest BCUT2D eigenvalue weighted by atomic mass is 9.95. The molecule has 1 aliphatic rings. The normalized spacial score (nSPS) is 16.5. The van der Waals surface area contributed by atoms with Gasteiger partial charge in [0.05, 0.1) is 22.3 Å². The van der Waals surface area contributed by atoms with Crippen molar-refractivity contribution in [1.29, 1.82) is 5.26 Å². The minimum atomic E-state index is -3.87. The van der Waals surface area contributed by atoms with Gasteiger partial charge in [-0.2, -0.15) is 5.26 Å². The van der Waals surface area contributed by atoms with Gasteiger partial charge in [-0.05, 0) is 49.2 Å². The van der Waals surface area contributed by atoms with Crippen molar-refractivity contribution in [3.63, 3.8) is 0 Å². The van der Waals surface area contributed by atoms with Crippen LogP contribution in [0.25, 0.3) is 0 Å². The summed E-state index contributed by atoms with van der Waals surface area (Å²) < 4.78 is 28.3. The highest BCUT2D eigenvalue weighted by molar-refractivity contribution is 7.92. The van der Waals surface area contributed by atoms with E-state index in [4.69, 9.17) is 0 Å². The zero-order valence-electron chi connectivity index (χ0n) is 16.3. The van der Waals surface area contributed by atoms with E-state index in [1.165, 1.54) is 34.8 Å². The van der Waals surface area contributed by atoms with Gasteiger partial charge in [0.15, 0.2) is 11.7 Å². The predicted octanol–water partition coefficient (Wildman–Crippen LogP) is 3.71. The molecule has 0 amide bonds. The van der Waals surface area contributed by atoms with Gasteiger partial charge in [-0.1, -0.05) is 36.4 Å². The zero-order valence-corrected chi connectivity index (χ0v) is 17.1. The van der Waals surface area contributed by atoms with Crippen molar-refractivity contribution in [3.05, 3.63) is 89.7 Å². The van der Waals surface area contributed by atoms with E-state index in [-0.39, 0.29) is 16.5 Å². The number of aromatic nitrogens is 1. The van der Waals surface area contributed by atoms with Gasteiger partial charge in [-0.15, -0.1) is 0 Å². The Morgan fingerprint density at radius 1 is 1.13 bits per heavy atom. The maximum Gasteiger partial charge on any atom is 0.264 e. The average molecular weight is 417 g/mol. The molecule has 7 heteroatoms. The molecule has 2 aromatic carbocycles. The third kappa shape index (κ3) is 3.36. The molecule has 3 aromatic rings. The molecule has 1 aliphatic heterocycles. The Morgan fingerprint density at radius 3 is 2.63 bits per heavy atom. The van der Waals surface area contributed by atoms with Crippen LogP contribution < -0.4 is 4.31 Å². The Bertz CT molecular complexity index is 1250. The SMILES string of the molecule is C[C@@H]1Cc2ccccc2N1S(=O)(=O)c1cccc(C(=O)[C@H](C#N)c2ccccn2)c1. The summed E-state index contributed by atoms with van der Waals surface area (Å²) in [6.07, 6.45) is 2.14. The molecule has 0 unspecified atom stereocenters. The number of sulfonamides is 1. The molecule has 4 rings (SSSR count). The van der Waals surface area contributed by atoms with Crippen LogP contribution >= 0.6 is 0 Å². The monoisotopic (exact) mass is 417 g/mol. The first-order valence-electron chi connectivity index (χ1n) is 9.50. The molecule has 2 atom stereocenters. The van der Waals surface area contributed by atoms with E-state index in [0.717, 1.165) is 5.56 Å². The lowest BCUT2D eigenvalue weighted by molar-refractivity contribution is 0.0977. The first-order chi connectivity index (χ1) is 14.4. The molecular formula is C23H19N3O3S. The van der Waals surface area contributed by atoms with Crippen molar-refractivity contribution in [1.82, 2.24) is 4.98 Å². The highest BCUT2D eigenvalue weighted by atomic mass is 32.2. The second kappa shape index (κ2) is 7.73. The number of nitriles is 1. The lowest BCUT2D eigenvalue weighted by Gasteiger charge is -2.24. The summed E-state index contributed by atoms with van der Waals surface area (Å²) in [5.41, 5.74) is 2.12. The number of benzene rings is 2. The molecule has 1 aromatic heterocycles. The maximum atomic E-state index is 13.4. The summed E-state index contributed by atoms with van der Waals surface area (Å²) >= 11 is 0. The van der Waals surface area contributed by atoms with Crippen LogP contribution in [0, 0.1) is 11.3 Å². The average Bonchev–Trinajstić information content (AvgIpc) is 3.11. The number of nitrogens with zero attached hydrogens (tertiary/aromatic N) is 3. The van der Waals surface area contributed by atoms with Crippen LogP contribution in [0.4, 0.5) is 5.69 Å². The molecule has 30 heavy (non-hydrogen) atoms. The number of hydrogen-bond acceptors (Lipinski definition) is 5. The van der Waals surface area contributed by atoms with E-state index in [0.29, 0.717) is 17.8 Å². The van der Waals surface area contributed by atoms with Crippen molar-refractivity contribution < 1.29 is 13.2 Å². The van der Waals surface area contributed by atoms with Gasteiger partial charge in [0.1, 0.15) is 0 Å². The van der Waals surface area contributed by atoms with Crippen molar-refractivity contribution in [2.24, 2.45) is 0 Å². The highest BCUT2D eigenvalue weighted by Crippen LogP contribution is 2.36. The first-order valence-corrected chi connectivity index (χ1v) is 10.9. The Hall–Kier alpha value is -3.50. The van der Waals surface area contributed by atoms with Gasteiger partial charge >= 0.3 is 0 Å². The fraction of sp³-hybridized carbons (Fsp3) is 0.174. The molecule has 0 saturated heterocycles. The number of carbonyl (C=O) groups excluding carboxylic acids is 1. The molecule has 6 nitrogen and oxygen atoms in total. The van der Waals surface area contributed by atoms with Crippen LogP contribution in [-0.2, 0) is 16.4 Å². The van der Waals surface area contributed by atoms with Crippen molar-refractivity contribution in [3.8, 4) is 6.07 Å². The summed E-state index contributed by atoms with van der Waals surface area (Å²) in [5.74, 6) is -1.58. The molecule has 0 fully saturated rings. The Kier molecular flexibility index (Phi) is 5.10. The van der Waals surface area contributed by atoms with Gasteiger partial charge < -0.3 is 0 Å². The summed E-state index contributed by atoms with van der Waals surface area (Å²) in [6, 6.07) is 20.0. The Morgan fingerprint density at radius 2 is 1.90 bits per heavy atom. The number of hydrogen-bond donors (Lipinski definition) is 0. The second-order valence-corrected chi connectivity index (χ2v) is 9.01. The Balaban J connectivity index is 1.72. The maximum absolute atomic E-state index is 13.4. The second-order valence-electron chi connectivity index (χ2n) is 7.19. The molecule has 0 radical (unpaired) electrons. The molecule has 0 spiro atoms. The summed E-state index contributed by atoms with van der Waals surface area (Å²) in [5, 5.41) is 9.52. The number of pyridine rings is 1. The summed E-state index contributed by atoms with van der Waals surface area (Å²) in [7, 11) is -3.87. The molecule has 0 bridgehead atoms. The molecular weight excluding hydrogens is 398 g/mol. The minimum absolute atomic E-state index is 0.0228. The van der Waals surface area contributed by atoms with Gasteiger partial charge in [-0.25, -0.2) is 8.42 Å². The summed E-state index contributed by atoms with van der Waals surface area (Å²) in [4.78, 5) is 17.1. The third-order valence-corrected chi connectivity index (χ3v) is 7.12. The van der Waals surface area contributed by atoms with Crippen LogP contribution in [0.3, 0.4) is 0 Å². The van der Waals surface area contributed by atoms with Crippen LogP contribution in [-0.4, -0.2) is 25.2 Å².